The van der Waals surface area contributed by atoms with E-state index in [0.717, 1.165) is 5.56 Å². The molecule has 5 heteroatoms. The molecule has 1 rings (SSSR count). The number of Topliss-reactive ketones (excluding diaryl/α,β-unsaturated/α-hetero) is 1. The highest BCUT2D eigenvalue weighted by Gasteiger charge is 2.12. The second kappa shape index (κ2) is 5.04. The maximum atomic E-state index is 11.3. The van der Waals surface area contributed by atoms with E-state index in [0.29, 0.717) is 0 Å². The van der Waals surface area contributed by atoms with E-state index in [9.17, 15) is 13.2 Å². The average Bonchev–Trinajstić information content (AvgIpc) is 2.15. The molecule has 4 nitrogen and oxygen atoms in total. The van der Waals surface area contributed by atoms with Crippen LogP contribution in [0.2, 0.25) is 0 Å². The monoisotopic (exact) mass is 227 g/mol. The molecule has 0 aliphatic rings. The summed E-state index contributed by atoms with van der Waals surface area (Å²) in [5.41, 5.74) is 0.865. The van der Waals surface area contributed by atoms with Crippen molar-refractivity contribution in [3.8, 4) is 0 Å². The van der Waals surface area contributed by atoms with Crippen LogP contribution in [0.25, 0.3) is 0 Å². The zero-order valence-electron chi connectivity index (χ0n) is 8.43. The summed E-state index contributed by atoms with van der Waals surface area (Å²) >= 11 is 0. The van der Waals surface area contributed by atoms with Crippen LogP contribution >= 0.6 is 0 Å². The average molecular weight is 227 g/mol. The number of carbonyl (C=O) groups is 1. The molecule has 15 heavy (non-hydrogen) atoms. The van der Waals surface area contributed by atoms with Crippen LogP contribution in [0, 0.1) is 0 Å². The SMILES string of the molecule is CC(=O)CS(=O)(=O)NCc1ccccc1. The van der Waals surface area contributed by atoms with E-state index in [1.165, 1.54) is 6.92 Å². The first-order valence-electron chi connectivity index (χ1n) is 4.50. The van der Waals surface area contributed by atoms with Gasteiger partial charge in [0.15, 0.2) is 0 Å². The lowest BCUT2D eigenvalue weighted by Crippen LogP contribution is -2.28. The number of rotatable bonds is 5. The molecule has 82 valence electrons. The summed E-state index contributed by atoms with van der Waals surface area (Å²) < 4.78 is 24.9. The van der Waals surface area contributed by atoms with Crippen molar-refractivity contribution in [2.75, 3.05) is 5.75 Å². The lowest BCUT2D eigenvalue weighted by Gasteiger charge is -2.04. The molecular formula is C10H13NO3S. The summed E-state index contributed by atoms with van der Waals surface area (Å²) in [4.78, 5) is 10.7. The molecule has 0 spiro atoms. The quantitative estimate of drug-likeness (QED) is 0.805. The minimum atomic E-state index is -3.48. The molecule has 0 atom stereocenters. The molecule has 0 unspecified atom stereocenters. The van der Waals surface area contributed by atoms with Gasteiger partial charge in [-0.1, -0.05) is 30.3 Å². The Hall–Kier alpha value is -1.20. The van der Waals surface area contributed by atoms with Crippen molar-refractivity contribution in [2.24, 2.45) is 0 Å². The molecule has 0 aliphatic heterocycles. The molecule has 0 saturated carbocycles. The van der Waals surface area contributed by atoms with E-state index >= 15 is 0 Å². The van der Waals surface area contributed by atoms with Crippen molar-refractivity contribution in [1.82, 2.24) is 4.72 Å². The van der Waals surface area contributed by atoms with E-state index in [1.807, 2.05) is 30.3 Å². The molecule has 1 aromatic rings. The molecule has 1 N–H and O–H groups in total. The first kappa shape index (κ1) is 11.9. The molecule has 0 bridgehead atoms. The van der Waals surface area contributed by atoms with Gasteiger partial charge in [0.2, 0.25) is 10.0 Å². The summed E-state index contributed by atoms with van der Waals surface area (Å²) in [7, 11) is -3.48. The third-order valence-corrected chi connectivity index (χ3v) is 3.10. The van der Waals surface area contributed by atoms with Crippen LogP contribution in [0.1, 0.15) is 12.5 Å². The summed E-state index contributed by atoms with van der Waals surface area (Å²) in [5.74, 6) is -0.824. The van der Waals surface area contributed by atoms with Gasteiger partial charge in [-0.2, -0.15) is 0 Å². The van der Waals surface area contributed by atoms with Crippen molar-refractivity contribution in [3.63, 3.8) is 0 Å². The Balaban J connectivity index is 2.54. The number of ketones is 1. The summed E-state index contributed by atoms with van der Waals surface area (Å²) in [6.45, 7) is 1.47. The normalized spacial score (nSPS) is 11.3. The van der Waals surface area contributed by atoms with Crippen LogP contribution in [0.15, 0.2) is 30.3 Å². The smallest absolute Gasteiger partial charge is 0.219 e. The zero-order valence-corrected chi connectivity index (χ0v) is 9.25. The van der Waals surface area contributed by atoms with Gasteiger partial charge >= 0.3 is 0 Å². The number of sulfonamides is 1. The molecular weight excluding hydrogens is 214 g/mol. The van der Waals surface area contributed by atoms with Gasteiger partial charge < -0.3 is 0 Å². The van der Waals surface area contributed by atoms with Crippen molar-refractivity contribution in [1.29, 1.82) is 0 Å². The molecule has 0 amide bonds. The lowest BCUT2D eigenvalue weighted by molar-refractivity contribution is -0.114. The Morgan fingerprint density at radius 2 is 1.87 bits per heavy atom. The summed E-state index contributed by atoms with van der Waals surface area (Å²) in [6.07, 6.45) is 0. The number of benzene rings is 1. The van der Waals surface area contributed by atoms with Gasteiger partial charge in [-0.15, -0.1) is 0 Å². The molecule has 0 saturated heterocycles. The predicted molar refractivity (Wildman–Crippen MR) is 57.7 cm³/mol. The van der Waals surface area contributed by atoms with Crippen LogP contribution in [0.4, 0.5) is 0 Å². The van der Waals surface area contributed by atoms with E-state index < -0.39 is 15.8 Å². The van der Waals surface area contributed by atoms with Gasteiger partial charge in [0.25, 0.3) is 0 Å². The van der Waals surface area contributed by atoms with E-state index in [-0.39, 0.29) is 12.3 Å². The molecule has 1 aromatic carbocycles. The number of hydrogen-bond donors (Lipinski definition) is 1. The first-order valence-corrected chi connectivity index (χ1v) is 6.15. The van der Waals surface area contributed by atoms with Gasteiger partial charge in [0, 0.05) is 6.54 Å². The van der Waals surface area contributed by atoms with Crippen LogP contribution in [-0.2, 0) is 21.4 Å². The van der Waals surface area contributed by atoms with Crippen LogP contribution in [-0.4, -0.2) is 20.0 Å². The number of carbonyl (C=O) groups excluding carboxylic acids is 1. The van der Waals surface area contributed by atoms with Crippen LogP contribution in [0.3, 0.4) is 0 Å². The molecule has 0 aliphatic carbocycles. The van der Waals surface area contributed by atoms with Crippen LogP contribution in [0.5, 0.6) is 0 Å². The molecule has 0 radical (unpaired) electrons. The standard InChI is InChI=1S/C10H13NO3S/c1-9(12)8-15(13,14)11-7-10-5-3-2-4-6-10/h2-6,11H,7-8H2,1H3. The van der Waals surface area contributed by atoms with Crippen molar-refractivity contribution in [2.45, 2.75) is 13.5 Å². The second-order valence-electron chi connectivity index (χ2n) is 3.27. The highest BCUT2D eigenvalue weighted by Crippen LogP contribution is 1.98. The fraction of sp³-hybridized carbons (Fsp3) is 0.300. The summed E-state index contributed by atoms with van der Waals surface area (Å²) in [6, 6.07) is 9.14. The molecule has 0 fully saturated rings. The van der Waals surface area contributed by atoms with E-state index in [4.69, 9.17) is 0 Å². The van der Waals surface area contributed by atoms with Crippen molar-refractivity contribution in [3.05, 3.63) is 35.9 Å². The Labute approximate surface area is 89.4 Å². The maximum Gasteiger partial charge on any atom is 0.219 e. The largest absolute Gasteiger partial charge is 0.299 e. The Bertz CT molecular complexity index is 425. The van der Waals surface area contributed by atoms with E-state index in [2.05, 4.69) is 4.72 Å². The van der Waals surface area contributed by atoms with Gasteiger partial charge in [0.05, 0.1) is 0 Å². The minimum absolute atomic E-state index is 0.219. The fourth-order valence-electron chi connectivity index (χ4n) is 1.11. The zero-order chi connectivity index (χ0) is 11.3. The lowest BCUT2D eigenvalue weighted by atomic mass is 10.2. The third kappa shape index (κ3) is 4.71. The Morgan fingerprint density at radius 3 is 2.40 bits per heavy atom. The third-order valence-electron chi connectivity index (χ3n) is 1.73. The van der Waals surface area contributed by atoms with E-state index in [1.54, 1.807) is 0 Å². The first-order chi connectivity index (χ1) is 6.99. The van der Waals surface area contributed by atoms with Crippen LogP contribution < -0.4 is 4.72 Å². The Kier molecular flexibility index (Phi) is 3.99. The maximum absolute atomic E-state index is 11.3. The van der Waals surface area contributed by atoms with Crippen molar-refractivity contribution < 1.29 is 13.2 Å². The van der Waals surface area contributed by atoms with Gasteiger partial charge in [-0.3, -0.25) is 4.79 Å². The number of nitrogens with one attached hydrogen (secondary N) is 1. The molecule has 0 heterocycles. The van der Waals surface area contributed by atoms with Gasteiger partial charge in [-0.25, -0.2) is 13.1 Å². The predicted octanol–water partition coefficient (Wildman–Crippen LogP) is 0.695. The summed E-state index contributed by atoms with van der Waals surface area (Å²) in [5, 5.41) is 0. The van der Waals surface area contributed by atoms with Gasteiger partial charge in [0.1, 0.15) is 11.5 Å². The highest BCUT2D eigenvalue weighted by atomic mass is 32.2. The highest BCUT2D eigenvalue weighted by molar-refractivity contribution is 7.90. The molecule has 0 aromatic heterocycles. The number of hydrogen-bond acceptors (Lipinski definition) is 3. The minimum Gasteiger partial charge on any atom is -0.299 e. The van der Waals surface area contributed by atoms with Gasteiger partial charge in [-0.05, 0) is 12.5 Å². The fourth-order valence-corrected chi connectivity index (χ4v) is 2.13. The Morgan fingerprint density at radius 1 is 1.27 bits per heavy atom. The van der Waals surface area contributed by atoms with Crippen molar-refractivity contribution >= 4 is 15.8 Å². The topological polar surface area (TPSA) is 63.2 Å². The second-order valence-corrected chi connectivity index (χ2v) is 5.07.